The van der Waals surface area contributed by atoms with E-state index >= 15 is 0 Å². The summed E-state index contributed by atoms with van der Waals surface area (Å²) in [5.74, 6) is 0.992. The van der Waals surface area contributed by atoms with Crippen LogP contribution in [0.3, 0.4) is 0 Å². The molecule has 1 atom stereocenters. The second kappa shape index (κ2) is 8.55. The van der Waals surface area contributed by atoms with Crippen molar-refractivity contribution in [3.8, 4) is 0 Å². The van der Waals surface area contributed by atoms with E-state index in [9.17, 15) is 4.79 Å². The molecule has 0 unspecified atom stereocenters. The lowest BCUT2D eigenvalue weighted by Gasteiger charge is -2.28. The molecule has 0 spiro atoms. The van der Waals surface area contributed by atoms with Crippen molar-refractivity contribution in [2.45, 2.75) is 68.8 Å². The zero-order valence-electron chi connectivity index (χ0n) is 16.7. The minimum atomic E-state index is -0.234. The fourth-order valence-electron chi connectivity index (χ4n) is 3.59. The minimum Gasteiger partial charge on any atom is -0.341 e. The zero-order valence-corrected chi connectivity index (χ0v) is 17.5. The molecule has 150 valence electrons. The molecule has 4 rings (SSSR count). The summed E-state index contributed by atoms with van der Waals surface area (Å²) >= 11 is 1.51. The molecule has 1 aromatic heterocycles. The highest BCUT2D eigenvalue weighted by molar-refractivity contribution is 8.00. The number of piperidine rings is 1. The average molecular weight is 400 g/mol. The van der Waals surface area contributed by atoms with Crippen molar-refractivity contribution in [2.75, 3.05) is 23.3 Å². The Morgan fingerprint density at radius 2 is 1.89 bits per heavy atom. The molecule has 1 amide bonds. The summed E-state index contributed by atoms with van der Waals surface area (Å²) in [6.45, 7) is 6.17. The first-order chi connectivity index (χ1) is 13.7. The Bertz CT molecular complexity index is 809. The number of carbonyl (C=O) groups is 1. The van der Waals surface area contributed by atoms with Crippen LogP contribution in [0.4, 0.5) is 11.6 Å². The van der Waals surface area contributed by atoms with E-state index in [-0.39, 0.29) is 11.2 Å². The summed E-state index contributed by atoms with van der Waals surface area (Å²) < 4.78 is 2.27. The number of nitrogens with one attached hydrogen (secondary N) is 1. The molecule has 1 aromatic carbocycles. The van der Waals surface area contributed by atoms with Crippen LogP contribution < -0.4 is 10.2 Å². The van der Waals surface area contributed by atoms with Crippen molar-refractivity contribution in [1.29, 1.82) is 0 Å². The number of hydrogen-bond acceptors (Lipinski definition) is 5. The lowest BCUT2D eigenvalue weighted by molar-refractivity contribution is -0.115. The summed E-state index contributed by atoms with van der Waals surface area (Å²) in [4.78, 5) is 15.0. The normalized spacial score (nSPS) is 18.1. The van der Waals surface area contributed by atoms with Gasteiger partial charge in [0.2, 0.25) is 11.9 Å². The predicted molar refractivity (Wildman–Crippen MR) is 114 cm³/mol. The quantitative estimate of drug-likeness (QED) is 0.704. The van der Waals surface area contributed by atoms with Crippen molar-refractivity contribution < 1.29 is 4.79 Å². The molecule has 2 aliphatic rings. The highest BCUT2D eigenvalue weighted by Gasteiger charge is 2.33. The van der Waals surface area contributed by atoms with Crippen LogP contribution in [0.15, 0.2) is 29.4 Å². The predicted octanol–water partition coefficient (Wildman–Crippen LogP) is 4.29. The molecule has 7 heteroatoms. The molecular weight excluding hydrogens is 370 g/mol. The van der Waals surface area contributed by atoms with Crippen molar-refractivity contribution in [3.05, 3.63) is 29.8 Å². The number of hydrogen-bond donors (Lipinski definition) is 1. The van der Waals surface area contributed by atoms with E-state index in [4.69, 9.17) is 0 Å². The number of anilines is 2. The van der Waals surface area contributed by atoms with E-state index in [1.165, 1.54) is 49.4 Å². The highest BCUT2D eigenvalue weighted by Crippen LogP contribution is 2.42. The second-order valence-electron chi connectivity index (χ2n) is 7.73. The molecule has 0 radical (unpaired) electrons. The first kappa shape index (κ1) is 19.3. The Balaban J connectivity index is 1.44. The molecule has 1 saturated carbocycles. The summed E-state index contributed by atoms with van der Waals surface area (Å²) in [5, 5.41) is 12.6. The van der Waals surface area contributed by atoms with E-state index in [1.54, 1.807) is 0 Å². The van der Waals surface area contributed by atoms with Crippen LogP contribution >= 0.6 is 11.8 Å². The second-order valence-corrected chi connectivity index (χ2v) is 9.04. The molecule has 28 heavy (non-hydrogen) atoms. The summed E-state index contributed by atoms with van der Waals surface area (Å²) in [6, 6.07) is 8.54. The van der Waals surface area contributed by atoms with Crippen LogP contribution in [0.25, 0.3) is 0 Å². The summed E-state index contributed by atoms with van der Waals surface area (Å²) in [5.41, 5.74) is 2.11. The Morgan fingerprint density at radius 1 is 1.18 bits per heavy atom. The monoisotopic (exact) mass is 399 g/mol. The van der Waals surface area contributed by atoms with E-state index in [1.807, 2.05) is 19.1 Å². The molecule has 2 aromatic rings. The summed E-state index contributed by atoms with van der Waals surface area (Å²) in [7, 11) is 0. The average Bonchev–Trinajstić information content (AvgIpc) is 3.49. The molecule has 1 aliphatic carbocycles. The molecule has 1 saturated heterocycles. The Hall–Kier alpha value is -2.02. The van der Waals surface area contributed by atoms with Gasteiger partial charge in [0, 0.05) is 24.8 Å². The third-order valence-corrected chi connectivity index (χ3v) is 6.54. The van der Waals surface area contributed by atoms with E-state index in [0.717, 1.165) is 36.3 Å². The lowest BCUT2D eigenvalue weighted by Crippen LogP contribution is -2.32. The first-order valence-electron chi connectivity index (χ1n) is 10.4. The van der Waals surface area contributed by atoms with Gasteiger partial charge in [0.15, 0.2) is 5.16 Å². The Labute approximate surface area is 171 Å². The van der Waals surface area contributed by atoms with Crippen LogP contribution in [-0.2, 0) is 11.2 Å². The molecule has 0 bridgehead atoms. The zero-order chi connectivity index (χ0) is 19.5. The minimum absolute atomic E-state index is 0.000817. The number of thioether (sulfide) groups is 1. The fraction of sp³-hybridized carbons (Fsp3) is 0.571. The maximum Gasteiger partial charge on any atom is 0.237 e. The lowest BCUT2D eigenvalue weighted by atomic mass is 10.1. The molecule has 1 N–H and O–H groups in total. The SMILES string of the molecule is CCc1ccc(NC(=O)[C@H](C)Sc2nnc(N3CCCCC3)n2C2CC2)cc1. The van der Waals surface area contributed by atoms with Crippen molar-refractivity contribution in [2.24, 2.45) is 0 Å². The number of rotatable bonds is 7. The smallest absolute Gasteiger partial charge is 0.237 e. The van der Waals surface area contributed by atoms with Crippen molar-refractivity contribution in [3.63, 3.8) is 0 Å². The number of aryl methyl sites for hydroxylation is 1. The van der Waals surface area contributed by atoms with E-state index in [2.05, 4.69) is 44.0 Å². The van der Waals surface area contributed by atoms with Gasteiger partial charge in [-0.1, -0.05) is 30.8 Å². The Kier molecular flexibility index (Phi) is 5.90. The largest absolute Gasteiger partial charge is 0.341 e. The van der Waals surface area contributed by atoms with Gasteiger partial charge in [-0.25, -0.2) is 0 Å². The number of aromatic nitrogens is 3. The van der Waals surface area contributed by atoms with Gasteiger partial charge in [-0.2, -0.15) is 0 Å². The molecular formula is C21H29N5OS. The first-order valence-corrected chi connectivity index (χ1v) is 11.3. The van der Waals surface area contributed by atoms with Crippen molar-refractivity contribution >= 4 is 29.3 Å². The molecule has 6 nitrogen and oxygen atoms in total. The van der Waals surface area contributed by atoms with E-state index in [0.29, 0.717) is 6.04 Å². The fourth-order valence-corrected chi connectivity index (χ4v) is 4.51. The molecule has 1 aliphatic heterocycles. The third kappa shape index (κ3) is 4.35. The number of benzene rings is 1. The molecule has 2 fully saturated rings. The van der Waals surface area contributed by atoms with E-state index < -0.39 is 0 Å². The topological polar surface area (TPSA) is 63.1 Å². The summed E-state index contributed by atoms with van der Waals surface area (Å²) in [6.07, 6.45) is 7.08. The maximum absolute atomic E-state index is 12.7. The maximum atomic E-state index is 12.7. The van der Waals surface area contributed by atoms with Gasteiger partial charge in [0.1, 0.15) is 0 Å². The van der Waals surface area contributed by atoms with Crippen molar-refractivity contribution in [1.82, 2.24) is 14.8 Å². The number of amides is 1. The number of carbonyl (C=O) groups excluding carboxylic acids is 1. The van der Waals surface area contributed by atoms with Gasteiger partial charge in [0.25, 0.3) is 0 Å². The van der Waals surface area contributed by atoms with Crippen LogP contribution in [0.5, 0.6) is 0 Å². The van der Waals surface area contributed by atoms with Gasteiger partial charge in [-0.15, -0.1) is 10.2 Å². The van der Waals surface area contributed by atoms with Gasteiger partial charge < -0.3 is 10.2 Å². The third-order valence-electron chi connectivity index (χ3n) is 5.48. The highest BCUT2D eigenvalue weighted by atomic mass is 32.2. The van der Waals surface area contributed by atoms with Gasteiger partial charge >= 0.3 is 0 Å². The van der Waals surface area contributed by atoms with Crippen LogP contribution in [0.2, 0.25) is 0 Å². The number of nitrogens with zero attached hydrogens (tertiary/aromatic N) is 4. The van der Waals surface area contributed by atoms with Gasteiger partial charge in [-0.3, -0.25) is 9.36 Å². The van der Waals surface area contributed by atoms with Crippen LogP contribution in [0, 0.1) is 0 Å². The van der Waals surface area contributed by atoms with Gasteiger partial charge in [0.05, 0.1) is 5.25 Å². The Morgan fingerprint density at radius 3 is 2.54 bits per heavy atom. The van der Waals surface area contributed by atoms with Crippen LogP contribution in [-0.4, -0.2) is 39.0 Å². The molecule has 2 heterocycles. The van der Waals surface area contributed by atoms with Crippen LogP contribution in [0.1, 0.15) is 57.6 Å². The van der Waals surface area contributed by atoms with Gasteiger partial charge in [-0.05, 0) is 63.1 Å². The standard InChI is InChI=1S/C21H29N5OS/c1-3-16-7-9-17(10-8-16)22-19(27)15(2)28-21-24-23-20(26(21)18-11-12-18)25-13-5-4-6-14-25/h7-10,15,18H,3-6,11-14H2,1-2H3,(H,22,27)/t15-/m0/s1.